The van der Waals surface area contributed by atoms with E-state index in [4.69, 9.17) is 4.74 Å². The number of methoxy groups -OCH3 is 1. The van der Waals surface area contributed by atoms with Crippen molar-refractivity contribution in [2.24, 2.45) is 5.92 Å². The lowest BCUT2D eigenvalue weighted by Gasteiger charge is -2.36. The van der Waals surface area contributed by atoms with Crippen molar-refractivity contribution in [3.05, 3.63) is 0 Å². The molecule has 0 aromatic carbocycles. The van der Waals surface area contributed by atoms with Crippen LogP contribution < -0.4 is 5.32 Å². The van der Waals surface area contributed by atoms with E-state index in [0.29, 0.717) is 5.92 Å². The van der Waals surface area contributed by atoms with Crippen molar-refractivity contribution < 1.29 is 9.53 Å². The fourth-order valence-electron chi connectivity index (χ4n) is 2.54. The molecule has 0 aliphatic heterocycles. The first-order valence-corrected chi connectivity index (χ1v) is 7.20. The van der Waals surface area contributed by atoms with Crippen molar-refractivity contribution in [1.82, 2.24) is 10.2 Å². The predicted molar refractivity (Wildman–Crippen MR) is 73.6 cm³/mol. The van der Waals surface area contributed by atoms with Crippen molar-refractivity contribution >= 4 is 5.97 Å². The van der Waals surface area contributed by atoms with Crippen molar-refractivity contribution in [1.29, 1.82) is 0 Å². The van der Waals surface area contributed by atoms with Crippen LogP contribution in [-0.2, 0) is 9.53 Å². The summed E-state index contributed by atoms with van der Waals surface area (Å²) in [5.74, 6) is 0.349. The smallest absolute Gasteiger partial charge is 0.327 e. The standard InChI is InChI=1S/C14H28N2O2/c1-5-10-15-14(12-8-9-12,13(17)18-4)11-16(6-2)7-3/h12,15H,5-11H2,1-4H3. The van der Waals surface area contributed by atoms with Crippen LogP contribution in [0.1, 0.15) is 40.0 Å². The van der Waals surface area contributed by atoms with E-state index in [0.717, 1.165) is 45.4 Å². The Balaban J connectivity index is 2.84. The minimum absolute atomic E-state index is 0.0923. The normalized spacial score (nSPS) is 18.7. The van der Waals surface area contributed by atoms with Crippen LogP contribution in [-0.4, -0.2) is 49.7 Å². The largest absolute Gasteiger partial charge is 0.468 e. The van der Waals surface area contributed by atoms with E-state index in [-0.39, 0.29) is 5.97 Å². The monoisotopic (exact) mass is 256 g/mol. The summed E-state index contributed by atoms with van der Waals surface area (Å²) in [6.45, 7) is 9.96. The molecule has 0 amide bonds. The van der Waals surface area contributed by atoms with Crippen LogP contribution in [0.25, 0.3) is 0 Å². The molecule has 1 atom stereocenters. The fraction of sp³-hybridized carbons (Fsp3) is 0.929. The van der Waals surface area contributed by atoms with Gasteiger partial charge in [0.05, 0.1) is 7.11 Å². The van der Waals surface area contributed by atoms with E-state index in [2.05, 4.69) is 31.0 Å². The molecule has 1 saturated carbocycles. The minimum atomic E-state index is -0.489. The molecule has 1 rings (SSSR count). The number of ether oxygens (including phenoxy) is 1. The highest BCUT2D eigenvalue weighted by Gasteiger charge is 2.52. The first-order valence-electron chi connectivity index (χ1n) is 7.20. The van der Waals surface area contributed by atoms with Crippen LogP contribution >= 0.6 is 0 Å². The molecule has 4 nitrogen and oxygen atoms in total. The summed E-state index contributed by atoms with van der Waals surface area (Å²) in [5.41, 5.74) is -0.489. The van der Waals surface area contributed by atoms with Gasteiger partial charge >= 0.3 is 5.97 Å². The summed E-state index contributed by atoms with van der Waals surface area (Å²) in [4.78, 5) is 14.6. The van der Waals surface area contributed by atoms with Crippen molar-refractivity contribution in [2.45, 2.75) is 45.6 Å². The zero-order valence-electron chi connectivity index (χ0n) is 12.3. The second kappa shape index (κ2) is 7.10. The van der Waals surface area contributed by atoms with Crippen molar-refractivity contribution in [3.8, 4) is 0 Å². The molecular weight excluding hydrogens is 228 g/mol. The number of carbonyl (C=O) groups is 1. The van der Waals surface area contributed by atoms with E-state index < -0.39 is 5.54 Å². The Labute approximate surface area is 111 Å². The Morgan fingerprint density at radius 2 is 1.94 bits per heavy atom. The highest BCUT2D eigenvalue weighted by molar-refractivity contribution is 5.82. The number of esters is 1. The molecule has 0 spiro atoms. The third-order valence-corrected chi connectivity index (χ3v) is 3.88. The average Bonchev–Trinajstić information content (AvgIpc) is 3.23. The molecule has 0 heterocycles. The van der Waals surface area contributed by atoms with Crippen LogP contribution in [0, 0.1) is 5.92 Å². The number of nitrogens with one attached hydrogen (secondary N) is 1. The van der Waals surface area contributed by atoms with Gasteiger partial charge in [0.1, 0.15) is 5.54 Å². The molecule has 0 radical (unpaired) electrons. The molecule has 0 aromatic rings. The van der Waals surface area contributed by atoms with Gasteiger partial charge in [-0.3, -0.25) is 0 Å². The molecule has 18 heavy (non-hydrogen) atoms. The summed E-state index contributed by atoms with van der Waals surface area (Å²) in [6, 6.07) is 0. The van der Waals surface area contributed by atoms with Gasteiger partial charge in [-0.2, -0.15) is 0 Å². The molecule has 0 bridgehead atoms. The van der Waals surface area contributed by atoms with Gasteiger partial charge in [-0.1, -0.05) is 20.8 Å². The summed E-state index contributed by atoms with van der Waals surface area (Å²) >= 11 is 0. The number of hydrogen-bond donors (Lipinski definition) is 1. The molecule has 1 fully saturated rings. The van der Waals surface area contributed by atoms with Crippen LogP contribution in [0.2, 0.25) is 0 Å². The maximum absolute atomic E-state index is 12.3. The van der Waals surface area contributed by atoms with Crippen LogP contribution in [0.5, 0.6) is 0 Å². The summed E-state index contributed by atoms with van der Waals surface area (Å²) < 4.78 is 5.08. The van der Waals surface area contributed by atoms with Crippen molar-refractivity contribution in [3.63, 3.8) is 0 Å². The highest BCUT2D eigenvalue weighted by atomic mass is 16.5. The Morgan fingerprint density at radius 1 is 1.33 bits per heavy atom. The van der Waals surface area contributed by atoms with E-state index in [1.807, 2.05) is 0 Å². The van der Waals surface area contributed by atoms with Gasteiger partial charge < -0.3 is 15.0 Å². The van der Waals surface area contributed by atoms with Gasteiger partial charge in [0.25, 0.3) is 0 Å². The quantitative estimate of drug-likeness (QED) is 0.637. The number of rotatable bonds is 9. The number of nitrogens with zero attached hydrogens (tertiary/aromatic N) is 1. The van der Waals surface area contributed by atoms with E-state index >= 15 is 0 Å². The number of carbonyl (C=O) groups excluding carboxylic acids is 1. The molecule has 1 unspecified atom stereocenters. The zero-order chi connectivity index (χ0) is 13.6. The first kappa shape index (κ1) is 15.4. The molecule has 106 valence electrons. The lowest BCUT2D eigenvalue weighted by Crippen LogP contribution is -2.61. The predicted octanol–water partition coefficient (Wildman–Crippen LogP) is 1.65. The Hall–Kier alpha value is -0.610. The minimum Gasteiger partial charge on any atom is -0.468 e. The fourth-order valence-corrected chi connectivity index (χ4v) is 2.54. The summed E-state index contributed by atoms with van der Waals surface area (Å²) in [6.07, 6.45) is 3.30. The van der Waals surface area contributed by atoms with Gasteiger partial charge in [0, 0.05) is 6.54 Å². The second-order valence-electron chi connectivity index (χ2n) is 5.13. The molecule has 0 saturated heterocycles. The third kappa shape index (κ3) is 3.45. The van der Waals surface area contributed by atoms with Gasteiger partial charge in [0.2, 0.25) is 0 Å². The zero-order valence-corrected chi connectivity index (χ0v) is 12.3. The summed E-state index contributed by atoms with van der Waals surface area (Å²) in [7, 11) is 1.50. The average molecular weight is 256 g/mol. The number of hydrogen-bond acceptors (Lipinski definition) is 4. The molecule has 4 heteroatoms. The Bertz CT molecular complexity index is 263. The SMILES string of the molecule is CCCNC(CN(CC)CC)(C(=O)OC)C1CC1. The van der Waals surface area contributed by atoms with Gasteiger partial charge in [-0.15, -0.1) is 0 Å². The molecule has 1 aliphatic carbocycles. The van der Waals surface area contributed by atoms with Crippen LogP contribution in [0.4, 0.5) is 0 Å². The maximum atomic E-state index is 12.3. The highest BCUT2D eigenvalue weighted by Crippen LogP contribution is 2.41. The topological polar surface area (TPSA) is 41.6 Å². The molecule has 1 aliphatic rings. The van der Waals surface area contributed by atoms with Crippen LogP contribution in [0.15, 0.2) is 0 Å². The molecule has 1 N–H and O–H groups in total. The van der Waals surface area contributed by atoms with Gasteiger partial charge in [-0.25, -0.2) is 4.79 Å². The Kier molecular flexibility index (Phi) is 6.09. The van der Waals surface area contributed by atoms with Gasteiger partial charge in [0.15, 0.2) is 0 Å². The van der Waals surface area contributed by atoms with E-state index in [1.165, 1.54) is 7.11 Å². The van der Waals surface area contributed by atoms with Crippen LogP contribution in [0.3, 0.4) is 0 Å². The van der Waals surface area contributed by atoms with E-state index in [1.54, 1.807) is 0 Å². The lowest BCUT2D eigenvalue weighted by atomic mass is 9.91. The molecular formula is C14H28N2O2. The second-order valence-corrected chi connectivity index (χ2v) is 5.13. The molecule has 0 aromatic heterocycles. The Morgan fingerprint density at radius 3 is 2.33 bits per heavy atom. The van der Waals surface area contributed by atoms with Crippen molar-refractivity contribution in [2.75, 3.05) is 33.3 Å². The first-order chi connectivity index (χ1) is 8.64. The van der Waals surface area contributed by atoms with E-state index in [9.17, 15) is 4.79 Å². The lowest BCUT2D eigenvalue weighted by molar-refractivity contribution is -0.150. The maximum Gasteiger partial charge on any atom is 0.327 e. The van der Waals surface area contributed by atoms with Gasteiger partial charge in [-0.05, 0) is 44.8 Å². The third-order valence-electron chi connectivity index (χ3n) is 3.88. The summed E-state index contributed by atoms with van der Waals surface area (Å²) in [5, 5.41) is 3.48. The number of likely N-dealkylation sites (N-methyl/N-ethyl adjacent to an activating group) is 1.